The fraction of sp³-hybridized carbons (Fsp3) is 0.889. The maximum absolute atomic E-state index is 5.59. The first-order valence-corrected chi connectivity index (χ1v) is 7.71. The third-order valence-electron chi connectivity index (χ3n) is 1.57. The van der Waals surface area contributed by atoms with Crippen molar-refractivity contribution in [1.29, 1.82) is 0 Å². The zero-order valence-electron chi connectivity index (χ0n) is 10.5. The summed E-state index contributed by atoms with van der Waals surface area (Å²) in [7, 11) is -2.49. The van der Waals surface area contributed by atoms with Gasteiger partial charge in [-0.2, -0.15) is 0 Å². The van der Waals surface area contributed by atoms with Gasteiger partial charge in [0.05, 0.1) is 0 Å². The Labute approximate surface area is 122 Å². The Morgan fingerprint density at radius 1 is 1.13 bits per heavy atom. The maximum atomic E-state index is 5.59. The molecule has 0 aliphatic heterocycles. The van der Waals surface area contributed by atoms with Gasteiger partial charge in [0.2, 0.25) is 0 Å². The van der Waals surface area contributed by atoms with Crippen molar-refractivity contribution < 1.29 is 13.3 Å². The quantitative estimate of drug-likeness (QED) is 0.518. The van der Waals surface area contributed by atoms with Crippen LogP contribution in [0.4, 0.5) is 0 Å². The van der Waals surface area contributed by atoms with Crippen LogP contribution in [0.3, 0.4) is 0 Å². The maximum Gasteiger partial charge on any atom is 0.563 e. The van der Waals surface area contributed by atoms with E-state index in [0.717, 1.165) is 12.8 Å². The van der Waals surface area contributed by atoms with Crippen LogP contribution in [0, 0.1) is 0 Å². The van der Waals surface area contributed by atoms with E-state index in [2.05, 4.69) is 6.92 Å². The summed E-state index contributed by atoms with van der Waals surface area (Å²) in [4.78, 5) is 0. The predicted molar refractivity (Wildman–Crippen MR) is 69.2 cm³/mol. The molecule has 1 radical (unpaired) electrons. The van der Waals surface area contributed by atoms with Crippen molar-refractivity contribution >= 4 is 55.6 Å². The van der Waals surface area contributed by atoms with E-state index in [1.165, 1.54) is 0 Å². The van der Waals surface area contributed by atoms with Crippen molar-refractivity contribution in [3.63, 3.8) is 0 Å². The SMILES string of the molecule is CCCC(=S)O[Si](C)(OCC)OCC.[Na]. The molecule has 0 rings (SSSR count). The van der Waals surface area contributed by atoms with Crippen LogP contribution in [0.25, 0.3) is 0 Å². The summed E-state index contributed by atoms with van der Waals surface area (Å²) < 4.78 is 16.6. The summed E-state index contributed by atoms with van der Waals surface area (Å²) in [6.07, 6.45) is 1.78. The van der Waals surface area contributed by atoms with Crippen molar-refractivity contribution in [3.05, 3.63) is 0 Å². The first-order chi connectivity index (χ1) is 6.58. The van der Waals surface area contributed by atoms with E-state index >= 15 is 0 Å². The smallest absolute Gasteiger partial charge is 0.495 e. The minimum Gasteiger partial charge on any atom is -0.495 e. The van der Waals surface area contributed by atoms with E-state index in [9.17, 15) is 0 Å². The third-order valence-corrected chi connectivity index (χ3v) is 4.25. The van der Waals surface area contributed by atoms with E-state index in [-0.39, 0.29) is 29.6 Å². The Bertz CT molecular complexity index is 175. The van der Waals surface area contributed by atoms with Crippen molar-refractivity contribution in [3.8, 4) is 0 Å². The minimum absolute atomic E-state index is 0. The van der Waals surface area contributed by atoms with E-state index in [0.29, 0.717) is 18.3 Å². The molecule has 0 aromatic rings. The normalized spacial score (nSPS) is 10.7. The van der Waals surface area contributed by atoms with E-state index < -0.39 is 8.80 Å². The molecule has 0 amide bonds. The molecule has 0 aromatic carbocycles. The van der Waals surface area contributed by atoms with E-state index in [1.807, 2.05) is 20.4 Å². The van der Waals surface area contributed by atoms with Crippen molar-refractivity contribution in [2.45, 2.75) is 40.2 Å². The molecule has 0 fully saturated rings. The standard InChI is InChI=1S/C9H20O3SSi.Na/c1-5-8-9(13)12-14(4,10-6-2)11-7-3;/h5-8H2,1-4H3;. The van der Waals surface area contributed by atoms with Gasteiger partial charge in [-0.05, 0) is 32.5 Å². The van der Waals surface area contributed by atoms with Gasteiger partial charge in [0.1, 0.15) is 5.05 Å². The van der Waals surface area contributed by atoms with Gasteiger partial charge in [-0.1, -0.05) is 6.92 Å². The number of hydrogen-bond acceptors (Lipinski definition) is 4. The molecule has 0 bridgehead atoms. The second-order valence-corrected chi connectivity index (χ2v) is 5.91. The average molecular weight is 259 g/mol. The van der Waals surface area contributed by atoms with Crippen LogP contribution in [0.1, 0.15) is 33.6 Å². The topological polar surface area (TPSA) is 27.7 Å². The molecule has 0 saturated heterocycles. The molecule has 0 aromatic heterocycles. The Morgan fingerprint density at radius 2 is 1.60 bits per heavy atom. The first kappa shape index (κ1) is 18.4. The van der Waals surface area contributed by atoms with Crippen LogP contribution in [0.5, 0.6) is 0 Å². The van der Waals surface area contributed by atoms with Gasteiger partial charge in [-0.3, -0.25) is 0 Å². The third kappa shape index (κ3) is 8.80. The molecule has 0 aliphatic carbocycles. The largest absolute Gasteiger partial charge is 0.563 e. The fourth-order valence-corrected chi connectivity index (χ4v) is 3.51. The molecule has 0 aliphatic rings. The molecule has 6 heteroatoms. The van der Waals surface area contributed by atoms with Gasteiger partial charge >= 0.3 is 8.80 Å². The second-order valence-electron chi connectivity index (χ2n) is 2.95. The van der Waals surface area contributed by atoms with Crippen LogP contribution in [0.2, 0.25) is 6.55 Å². The van der Waals surface area contributed by atoms with Crippen LogP contribution < -0.4 is 0 Å². The monoisotopic (exact) mass is 259 g/mol. The molecule has 0 N–H and O–H groups in total. The van der Waals surface area contributed by atoms with Gasteiger partial charge in [0.15, 0.2) is 0 Å². The second kappa shape index (κ2) is 10.2. The van der Waals surface area contributed by atoms with Crippen molar-refractivity contribution in [2.75, 3.05) is 13.2 Å². The molecule has 0 spiro atoms. The molecule has 0 saturated carbocycles. The van der Waals surface area contributed by atoms with Gasteiger partial charge < -0.3 is 13.3 Å². The van der Waals surface area contributed by atoms with Gasteiger partial charge in [0, 0.05) is 55.7 Å². The molecule has 0 heterocycles. The Hall–Kier alpha value is 1.03. The van der Waals surface area contributed by atoms with Crippen molar-refractivity contribution in [1.82, 2.24) is 0 Å². The summed E-state index contributed by atoms with van der Waals surface area (Å²) >= 11 is 5.08. The van der Waals surface area contributed by atoms with E-state index in [4.69, 9.17) is 25.5 Å². The number of rotatable bonds is 7. The van der Waals surface area contributed by atoms with Gasteiger partial charge in [-0.15, -0.1) is 0 Å². The molecular weight excluding hydrogens is 239 g/mol. The van der Waals surface area contributed by atoms with Crippen LogP contribution in [-0.2, 0) is 13.3 Å². The minimum atomic E-state index is -2.49. The summed E-state index contributed by atoms with van der Waals surface area (Å²) in [5, 5.41) is 0.601. The molecular formula is C9H20NaO3SSi. The van der Waals surface area contributed by atoms with Gasteiger partial charge in [-0.25, -0.2) is 0 Å². The Balaban J connectivity index is 0. The first-order valence-electron chi connectivity index (χ1n) is 5.07. The Morgan fingerprint density at radius 3 is 1.93 bits per heavy atom. The molecule has 15 heavy (non-hydrogen) atoms. The molecule has 0 unspecified atom stereocenters. The van der Waals surface area contributed by atoms with Gasteiger partial charge in [0.25, 0.3) is 0 Å². The average Bonchev–Trinajstić information content (AvgIpc) is 2.04. The summed E-state index contributed by atoms with van der Waals surface area (Å²) in [6, 6.07) is 0. The molecule has 85 valence electrons. The van der Waals surface area contributed by atoms with E-state index in [1.54, 1.807) is 0 Å². The van der Waals surface area contributed by atoms with Crippen LogP contribution in [-0.4, -0.2) is 56.6 Å². The zero-order chi connectivity index (χ0) is 11.0. The number of hydrogen-bond donors (Lipinski definition) is 0. The summed E-state index contributed by atoms with van der Waals surface area (Å²) in [5.41, 5.74) is 0. The molecule has 3 nitrogen and oxygen atoms in total. The fourth-order valence-electron chi connectivity index (χ4n) is 1.09. The van der Waals surface area contributed by atoms with Crippen molar-refractivity contribution in [2.24, 2.45) is 0 Å². The van der Waals surface area contributed by atoms with Crippen LogP contribution in [0.15, 0.2) is 0 Å². The summed E-state index contributed by atoms with van der Waals surface area (Å²) in [5.74, 6) is 0. The Kier molecular flexibility index (Phi) is 12.5. The predicted octanol–water partition coefficient (Wildman–Crippen LogP) is 2.39. The van der Waals surface area contributed by atoms with Crippen LogP contribution >= 0.6 is 12.2 Å². The molecule has 0 atom stereocenters. The summed E-state index contributed by atoms with van der Waals surface area (Å²) in [6.45, 7) is 8.99. The number of thiocarbonyl (C=S) groups is 1. The zero-order valence-corrected chi connectivity index (χ0v) is 14.3.